The largest absolute Gasteiger partial charge is 0.423 e. The fourth-order valence-electron chi connectivity index (χ4n) is 2.34. The normalized spacial score (nSPS) is 10.4. The van der Waals surface area contributed by atoms with Crippen molar-refractivity contribution >= 4 is 29.7 Å². The smallest absolute Gasteiger partial charge is 0.346 e. The first kappa shape index (κ1) is 20.4. The van der Waals surface area contributed by atoms with Gasteiger partial charge < -0.3 is 10.1 Å². The van der Waals surface area contributed by atoms with Gasteiger partial charge in [0.1, 0.15) is 11.6 Å². The van der Waals surface area contributed by atoms with Gasteiger partial charge in [-0.05, 0) is 54.1 Å². The van der Waals surface area contributed by atoms with Gasteiger partial charge in [0.15, 0.2) is 0 Å². The second-order valence-electron chi connectivity index (χ2n) is 5.96. The predicted molar refractivity (Wildman–Crippen MR) is 109 cm³/mol. The molecule has 150 valence electrons. The number of hydrogen-bond acceptors (Lipinski definition) is 5. The van der Waals surface area contributed by atoms with Gasteiger partial charge in [-0.3, -0.25) is 9.59 Å². The summed E-state index contributed by atoms with van der Waals surface area (Å²) in [7, 11) is 0. The van der Waals surface area contributed by atoms with E-state index in [4.69, 9.17) is 4.74 Å². The van der Waals surface area contributed by atoms with Crippen LogP contribution in [0.1, 0.15) is 15.9 Å². The van der Waals surface area contributed by atoms with Gasteiger partial charge in [0.25, 0.3) is 0 Å². The van der Waals surface area contributed by atoms with Gasteiger partial charge in [-0.1, -0.05) is 30.3 Å². The molecule has 0 aliphatic rings. The highest BCUT2D eigenvalue weighted by Gasteiger charge is 2.14. The van der Waals surface area contributed by atoms with Crippen LogP contribution in [-0.4, -0.2) is 24.0 Å². The van der Waals surface area contributed by atoms with Gasteiger partial charge in [-0.15, -0.1) is 0 Å². The topological polar surface area (TPSA) is 96.9 Å². The quantitative estimate of drug-likeness (QED) is 0.224. The maximum atomic E-state index is 13.6. The lowest BCUT2D eigenvalue weighted by Gasteiger charge is -2.05. The Balaban J connectivity index is 1.52. The molecular formula is C22H16FN3O4. The van der Waals surface area contributed by atoms with Crippen molar-refractivity contribution in [1.82, 2.24) is 5.43 Å². The molecule has 0 aromatic heterocycles. The molecule has 7 nitrogen and oxygen atoms in total. The standard InChI is InChI=1S/C22H16FN3O4/c23-19-9-5-4-8-18(19)22(29)30-17-12-10-15(11-13-17)14-24-26-21(28)20(27)25-16-6-2-1-3-7-16/h1-14H,(H,25,27)(H,26,28). The number of ether oxygens (including phenoxy) is 1. The number of halogens is 1. The van der Waals surface area contributed by atoms with Crippen LogP contribution in [0.4, 0.5) is 10.1 Å². The molecule has 0 unspecified atom stereocenters. The third kappa shape index (κ3) is 5.59. The van der Waals surface area contributed by atoms with Crippen LogP contribution in [-0.2, 0) is 9.59 Å². The minimum absolute atomic E-state index is 0.167. The van der Waals surface area contributed by atoms with Crippen molar-refractivity contribution in [2.75, 3.05) is 5.32 Å². The van der Waals surface area contributed by atoms with E-state index in [2.05, 4.69) is 15.8 Å². The van der Waals surface area contributed by atoms with Crippen molar-refractivity contribution in [2.45, 2.75) is 0 Å². The van der Waals surface area contributed by atoms with Crippen LogP contribution in [0.15, 0.2) is 84.0 Å². The molecule has 0 aliphatic carbocycles. The molecule has 2 N–H and O–H groups in total. The fourth-order valence-corrected chi connectivity index (χ4v) is 2.34. The van der Waals surface area contributed by atoms with E-state index >= 15 is 0 Å². The Hall–Kier alpha value is -4.33. The van der Waals surface area contributed by atoms with Crippen molar-refractivity contribution < 1.29 is 23.5 Å². The lowest BCUT2D eigenvalue weighted by molar-refractivity contribution is -0.136. The van der Waals surface area contributed by atoms with Crippen molar-refractivity contribution in [3.05, 3.63) is 95.8 Å². The molecule has 0 bridgehead atoms. The van der Waals surface area contributed by atoms with Crippen molar-refractivity contribution in [2.24, 2.45) is 5.10 Å². The number of benzene rings is 3. The molecule has 8 heteroatoms. The summed E-state index contributed by atoms with van der Waals surface area (Å²) in [4.78, 5) is 35.5. The van der Waals surface area contributed by atoms with Gasteiger partial charge in [0.05, 0.1) is 11.8 Å². The van der Waals surface area contributed by atoms with E-state index in [-0.39, 0.29) is 11.3 Å². The first-order valence-electron chi connectivity index (χ1n) is 8.79. The van der Waals surface area contributed by atoms with Crippen LogP contribution in [0.2, 0.25) is 0 Å². The SMILES string of the molecule is O=C(NN=Cc1ccc(OC(=O)c2ccccc2F)cc1)C(=O)Nc1ccccc1. The number of anilines is 1. The molecule has 0 radical (unpaired) electrons. The highest BCUT2D eigenvalue weighted by molar-refractivity contribution is 6.39. The minimum Gasteiger partial charge on any atom is -0.423 e. The summed E-state index contributed by atoms with van der Waals surface area (Å²) in [5, 5.41) is 6.14. The number of carbonyl (C=O) groups excluding carboxylic acids is 3. The number of hydrogen-bond donors (Lipinski definition) is 2. The summed E-state index contributed by atoms with van der Waals surface area (Å²) in [6.07, 6.45) is 1.32. The third-order valence-electron chi connectivity index (χ3n) is 3.80. The number of esters is 1. The zero-order chi connectivity index (χ0) is 21.3. The molecule has 0 heterocycles. The lowest BCUT2D eigenvalue weighted by Crippen LogP contribution is -2.32. The van der Waals surface area contributed by atoms with Crippen LogP contribution in [0.25, 0.3) is 0 Å². The van der Waals surface area contributed by atoms with Crippen molar-refractivity contribution in [1.29, 1.82) is 0 Å². The van der Waals surface area contributed by atoms with Crippen molar-refractivity contribution in [3.63, 3.8) is 0 Å². The second-order valence-corrected chi connectivity index (χ2v) is 5.96. The summed E-state index contributed by atoms with van der Waals surface area (Å²) in [5.41, 5.74) is 3.01. The zero-order valence-electron chi connectivity index (χ0n) is 15.5. The van der Waals surface area contributed by atoms with E-state index in [1.54, 1.807) is 42.5 Å². The Bertz CT molecular complexity index is 1080. The van der Waals surface area contributed by atoms with Gasteiger partial charge in [-0.2, -0.15) is 5.10 Å². The predicted octanol–water partition coefficient (Wildman–Crippen LogP) is 3.13. The Kier molecular flexibility index (Phi) is 6.63. The average Bonchev–Trinajstić information content (AvgIpc) is 2.76. The molecular weight excluding hydrogens is 389 g/mol. The first-order chi connectivity index (χ1) is 14.5. The molecule has 3 rings (SSSR count). The molecule has 0 aliphatic heterocycles. The first-order valence-corrected chi connectivity index (χ1v) is 8.79. The molecule has 0 saturated carbocycles. The Labute approximate surface area is 171 Å². The molecule has 30 heavy (non-hydrogen) atoms. The maximum Gasteiger partial charge on any atom is 0.346 e. The number of nitrogens with zero attached hydrogens (tertiary/aromatic N) is 1. The van der Waals surface area contributed by atoms with E-state index in [1.807, 2.05) is 0 Å². The summed E-state index contributed by atoms with van der Waals surface area (Å²) < 4.78 is 18.7. The van der Waals surface area contributed by atoms with E-state index in [9.17, 15) is 18.8 Å². The van der Waals surface area contributed by atoms with Gasteiger partial charge >= 0.3 is 17.8 Å². The van der Waals surface area contributed by atoms with Gasteiger partial charge in [-0.25, -0.2) is 14.6 Å². The number of amides is 2. The minimum atomic E-state index is -0.925. The number of nitrogens with one attached hydrogen (secondary N) is 2. The highest BCUT2D eigenvalue weighted by atomic mass is 19.1. The summed E-state index contributed by atoms with van der Waals surface area (Å²) in [6, 6.07) is 20.2. The monoisotopic (exact) mass is 405 g/mol. The van der Waals surface area contributed by atoms with E-state index in [0.717, 1.165) is 0 Å². The molecule has 0 spiro atoms. The van der Waals surface area contributed by atoms with E-state index in [1.165, 1.54) is 42.6 Å². The Morgan fingerprint density at radius 2 is 1.50 bits per heavy atom. The lowest BCUT2D eigenvalue weighted by atomic mass is 10.2. The van der Waals surface area contributed by atoms with Crippen LogP contribution in [0.3, 0.4) is 0 Å². The molecule has 2 amide bonds. The van der Waals surface area contributed by atoms with Crippen LogP contribution in [0.5, 0.6) is 5.75 Å². The summed E-state index contributed by atoms with van der Waals surface area (Å²) in [6.45, 7) is 0. The van der Waals surface area contributed by atoms with Gasteiger partial charge in [0.2, 0.25) is 0 Å². The fraction of sp³-hybridized carbons (Fsp3) is 0. The molecule has 3 aromatic carbocycles. The molecule has 3 aromatic rings. The van der Waals surface area contributed by atoms with Crippen LogP contribution >= 0.6 is 0 Å². The Morgan fingerprint density at radius 1 is 0.833 bits per heavy atom. The van der Waals surface area contributed by atoms with E-state index < -0.39 is 23.6 Å². The number of rotatable bonds is 5. The number of hydrazone groups is 1. The molecule has 0 fully saturated rings. The summed E-state index contributed by atoms with van der Waals surface area (Å²) in [5.74, 6) is -3.05. The maximum absolute atomic E-state index is 13.6. The molecule has 0 saturated heterocycles. The second kappa shape index (κ2) is 9.74. The van der Waals surface area contributed by atoms with E-state index in [0.29, 0.717) is 11.3 Å². The van der Waals surface area contributed by atoms with Crippen LogP contribution < -0.4 is 15.5 Å². The average molecular weight is 405 g/mol. The Morgan fingerprint density at radius 3 is 2.20 bits per heavy atom. The van der Waals surface area contributed by atoms with Crippen molar-refractivity contribution in [3.8, 4) is 5.75 Å². The van der Waals surface area contributed by atoms with Gasteiger partial charge in [0, 0.05) is 5.69 Å². The highest BCUT2D eigenvalue weighted by Crippen LogP contribution is 2.15. The third-order valence-corrected chi connectivity index (χ3v) is 3.80. The molecule has 0 atom stereocenters. The summed E-state index contributed by atoms with van der Waals surface area (Å²) >= 11 is 0. The number of carbonyl (C=O) groups is 3. The van der Waals surface area contributed by atoms with Crippen LogP contribution in [0, 0.1) is 5.82 Å². The number of para-hydroxylation sites is 1. The zero-order valence-corrected chi connectivity index (χ0v) is 15.5.